The average molecular weight is 655 g/mol. The van der Waals surface area contributed by atoms with Crippen LogP contribution in [0.5, 0.6) is 5.75 Å². The van der Waals surface area contributed by atoms with Crippen molar-refractivity contribution >= 4 is 52.7 Å². The molecule has 1 N–H and O–H groups in total. The molecule has 4 aromatic carbocycles. The van der Waals surface area contributed by atoms with Crippen LogP contribution in [0.2, 0.25) is 5.02 Å². The molecule has 0 spiro atoms. The first-order chi connectivity index (χ1) is 23.2. The molecule has 4 aromatic rings. The summed E-state index contributed by atoms with van der Waals surface area (Å²) in [6, 6.07) is 29.9. The van der Waals surface area contributed by atoms with Gasteiger partial charge in [0.1, 0.15) is 5.75 Å². The Hall–Kier alpha value is -5.27. The van der Waals surface area contributed by atoms with Crippen molar-refractivity contribution in [3.05, 3.63) is 143 Å². The summed E-state index contributed by atoms with van der Waals surface area (Å²) >= 11 is 6.37. The summed E-state index contributed by atoms with van der Waals surface area (Å²) in [6.07, 6.45) is 4.26. The number of phenols is 1. The lowest BCUT2D eigenvalue weighted by atomic mass is 9.49. The Kier molecular flexibility index (Phi) is 7.00. The molecule has 0 radical (unpaired) electrons. The maximum atomic E-state index is 15.2. The molecule has 8 heteroatoms. The van der Waals surface area contributed by atoms with E-state index in [0.717, 1.165) is 16.7 Å². The van der Waals surface area contributed by atoms with Gasteiger partial charge in [-0.05, 0) is 77.9 Å². The number of rotatable bonds is 5. The zero-order valence-corrected chi connectivity index (χ0v) is 26.6. The number of nitrogens with zero attached hydrogens (tertiary/aromatic N) is 2. The topological polar surface area (TPSA) is 95.0 Å². The minimum Gasteiger partial charge on any atom is -0.508 e. The maximum Gasteiger partial charge on any atom is 0.246 e. The number of anilines is 2. The highest BCUT2D eigenvalue weighted by atomic mass is 35.5. The van der Waals surface area contributed by atoms with Crippen molar-refractivity contribution < 1.29 is 24.3 Å². The number of benzene rings is 4. The average Bonchev–Trinajstić information content (AvgIpc) is 3.50. The molecule has 2 aliphatic carbocycles. The van der Waals surface area contributed by atoms with Crippen molar-refractivity contribution in [2.75, 3.05) is 9.80 Å². The lowest BCUT2D eigenvalue weighted by Crippen LogP contribution is -2.53. The fourth-order valence-corrected chi connectivity index (χ4v) is 8.98. The number of imide groups is 2. The van der Waals surface area contributed by atoms with E-state index in [9.17, 15) is 19.5 Å². The van der Waals surface area contributed by atoms with Gasteiger partial charge in [-0.15, -0.1) is 0 Å². The van der Waals surface area contributed by atoms with Gasteiger partial charge in [-0.3, -0.25) is 24.1 Å². The molecule has 3 fully saturated rings. The van der Waals surface area contributed by atoms with Gasteiger partial charge in [0.2, 0.25) is 23.6 Å². The van der Waals surface area contributed by atoms with Crippen molar-refractivity contribution in [2.24, 2.45) is 23.7 Å². The number of aromatic hydroxyl groups is 1. The van der Waals surface area contributed by atoms with Gasteiger partial charge in [0.15, 0.2) is 0 Å². The molecular formula is C40H31ClN2O5. The lowest BCUT2D eigenvalue weighted by molar-refractivity contribution is -0.127. The minimum absolute atomic E-state index is 0.0677. The second kappa shape index (κ2) is 11.2. The first-order valence-corrected chi connectivity index (χ1v) is 16.4. The Labute approximate surface area is 282 Å². The minimum atomic E-state index is -1.36. The Morgan fingerprint density at radius 2 is 1.50 bits per heavy atom. The Morgan fingerprint density at radius 3 is 2.19 bits per heavy atom. The quantitative estimate of drug-likeness (QED) is 0.184. The summed E-state index contributed by atoms with van der Waals surface area (Å²) in [4.78, 5) is 60.8. The van der Waals surface area contributed by atoms with Gasteiger partial charge in [0.05, 0.1) is 34.5 Å². The number of halogens is 1. The summed E-state index contributed by atoms with van der Waals surface area (Å²) in [5, 5.41) is 10.7. The van der Waals surface area contributed by atoms with Crippen LogP contribution in [0.4, 0.5) is 11.4 Å². The standard InChI is InChI=1S/C40H31ClN2O5/c1-2-23-11-15-27(16-12-23)42-36(45)31-20-19-30-32(34(31)38(42)47)22-33-37(46)43(28-10-6-9-26(41)21-28)39(48)40(33,25-7-4-3-5-8-25)35(30)24-13-17-29(44)18-14-24/h2-19,21,31-35,44H,1,20,22H2/t31-,32+,33-,34-,35-,40+/m0/s1. The molecule has 4 aliphatic rings. The van der Waals surface area contributed by atoms with Crippen LogP contribution in [0.25, 0.3) is 6.08 Å². The van der Waals surface area contributed by atoms with Crippen molar-refractivity contribution in [2.45, 2.75) is 24.2 Å². The molecule has 4 amide bonds. The summed E-state index contributed by atoms with van der Waals surface area (Å²) < 4.78 is 0. The van der Waals surface area contributed by atoms with Crippen molar-refractivity contribution in [3.63, 3.8) is 0 Å². The Morgan fingerprint density at radius 1 is 0.771 bits per heavy atom. The van der Waals surface area contributed by atoms with E-state index in [1.807, 2.05) is 48.5 Å². The lowest BCUT2D eigenvalue weighted by Gasteiger charge is -2.50. The van der Waals surface area contributed by atoms with E-state index in [0.29, 0.717) is 28.4 Å². The van der Waals surface area contributed by atoms with Gasteiger partial charge in [-0.25, -0.2) is 4.90 Å². The van der Waals surface area contributed by atoms with Crippen LogP contribution in [0.3, 0.4) is 0 Å². The van der Waals surface area contributed by atoms with E-state index < -0.39 is 35.0 Å². The zero-order chi connectivity index (χ0) is 33.3. The molecule has 6 atom stereocenters. The van der Waals surface area contributed by atoms with Crippen LogP contribution < -0.4 is 9.80 Å². The van der Waals surface area contributed by atoms with Gasteiger partial charge in [0, 0.05) is 10.9 Å². The molecule has 7 nitrogen and oxygen atoms in total. The third-order valence-electron chi connectivity index (χ3n) is 10.8. The molecule has 0 bridgehead atoms. The third-order valence-corrected chi connectivity index (χ3v) is 11.0. The molecular weight excluding hydrogens is 624 g/mol. The molecule has 1 saturated carbocycles. The monoisotopic (exact) mass is 654 g/mol. The molecule has 2 aliphatic heterocycles. The number of hydrogen-bond acceptors (Lipinski definition) is 5. The number of fused-ring (bicyclic) bond motifs is 4. The van der Waals surface area contributed by atoms with Crippen molar-refractivity contribution in [1.82, 2.24) is 0 Å². The normalized spacial score (nSPS) is 27.8. The van der Waals surface area contributed by atoms with Crippen LogP contribution in [0.15, 0.2) is 121 Å². The molecule has 8 rings (SSSR count). The third kappa shape index (κ3) is 4.20. The summed E-state index contributed by atoms with van der Waals surface area (Å²) in [7, 11) is 0. The smallest absolute Gasteiger partial charge is 0.246 e. The summed E-state index contributed by atoms with van der Waals surface area (Å²) in [5.41, 5.74) is 2.67. The fraction of sp³-hybridized carbons (Fsp3) is 0.200. The van der Waals surface area contributed by atoms with Crippen molar-refractivity contribution in [3.8, 4) is 5.75 Å². The van der Waals surface area contributed by atoms with Crippen LogP contribution >= 0.6 is 11.6 Å². The second-order valence-corrected chi connectivity index (χ2v) is 13.4. The van der Waals surface area contributed by atoms with Crippen molar-refractivity contribution in [1.29, 1.82) is 0 Å². The van der Waals surface area contributed by atoms with E-state index in [1.54, 1.807) is 66.7 Å². The highest BCUT2D eigenvalue weighted by Crippen LogP contribution is 2.64. The van der Waals surface area contributed by atoms with Gasteiger partial charge < -0.3 is 5.11 Å². The maximum absolute atomic E-state index is 15.2. The number of phenolic OH excluding ortho intramolecular Hbond substituents is 1. The number of allylic oxidation sites excluding steroid dienone is 2. The highest BCUT2D eigenvalue weighted by Gasteiger charge is 2.70. The van der Waals surface area contributed by atoms with E-state index in [2.05, 4.69) is 6.58 Å². The zero-order valence-electron chi connectivity index (χ0n) is 25.8. The van der Waals surface area contributed by atoms with Crippen LogP contribution in [-0.4, -0.2) is 28.7 Å². The van der Waals surface area contributed by atoms with E-state index in [4.69, 9.17) is 11.6 Å². The molecule has 0 aromatic heterocycles. The largest absolute Gasteiger partial charge is 0.508 e. The first-order valence-electron chi connectivity index (χ1n) is 16.0. The van der Waals surface area contributed by atoms with E-state index in [1.165, 1.54) is 9.80 Å². The van der Waals surface area contributed by atoms with E-state index >= 15 is 4.79 Å². The predicted octanol–water partition coefficient (Wildman–Crippen LogP) is 7.06. The molecule has 0 unspecified atom stereocenters. The molecule has 238 valence electrons. The summed E-state index contributed by atoms with van der Waals surface area (Å²) in [6.45, 7) is 3.79. The highest BCUT2D eigenvalue weighted by molar-refractivity contribution is 6.32. The summed E-state index contributed by atoms with van der Waals surface area (Å²) in [5.74, 6) is -4.52. The number of carbonyl (C=O) groups is 4. The molecule has 2 saturated heterocycles. The van der Waals surface area contributed by atoms with Gasteiger partial charge in [0.25, 0.3) is 0 Å². The Bertz CT molecular complexity index is 2040. The fourth-order valence-electron chi connectivity index (χ4n) is 8.80. The Balaban J connectivity index is 1.33. The molecule has 48 heavy (non-hydrogen) atoms. The van der Waals surface area contributed by atoms with Gasteiger partial charge >= 0.3 is 0 Å². The van der Waals surface area contributed by atoms with Gasteiger partial charge in [-0.1, -0.05) is 96.6 Å². The predicted molar refractivity (Wildman–Crippen MR) is 183 cm³/mol. The second-order valence-electron chi connectivity index (χ2n) is 13.0. The van der Waals surface area contributed by atoms with Crippen LogP contribution in [0, 0.1) is 23.7 Å². The van der Waals surface area contributed by atoms with Crippen LogP contribution in [-0.2, 0) is 24.6 Å². The number of amides is 4. The SMILES string of the molecule is C=Cc1ccc(N2C(=O)[C@H]3[C@H](CC=C4[C@H]3C[C@H]3C(=O)N(c5cccc(Cl)c5)C(=O)[C@@]3(c3ccccc3)[C@H]4c3ccc(O)cc3)C2=O)cc1. The number of carbonyl (C=O) groups excluding carboxylic acids is 4. The van der Waals surface area contributed by atoms with E-state index in [-0.39, 0.29) is 35.8 Å². The van der Waals surface area contributed by atoms with Crippen LogP contribution in [0.1, 0.15) is 35.4 Å². The molecule has 2 heterocycles. The van der Waals surface area contributed by atoms with Gasteiger partial charge in [-0.2, -0.15) is 0 Å². The first kappa shape index (κ1) is 30.1. The number of hydrogen-bond donors (Lipinski definition) is 1.